The molecule has 0 saturated heterocycles. The maximum atomic E-state index is 6.59. The van der Waals surface area contributed by atoms with Crippen LogP contribution in [-0.2, 0) is 0 Å². The molecule has 0 spiro atoms. The van der Waals surface area contributed by atoms with E-state index in [1.165, 1.54) is 0 Å². The summed E-state index contributed by atoms with van der Waals surface area (Å²) in [4.78, 5) is 2.35. The number of fused-ring (bicyclic) bond motifs is 9. The van der Waals surface area contributed by atoms with E-state index < -0.39 is 0 Å². The van der Waals surface area contributed by atoms with E-state index in [1.807, 2.05) is 24.3 Å². The fourth-order valence-electron chi connectivity index (χ4n) is 9.88. The summed E-state index contributed by atoms with van der Waals surface area (Å²) in [6, 6.07) is 79.2. The number of anilines is 3. The number of rotatable bonds is 7. The normalized spacial score (nSPS) is 11.8. The Bertz CT molecular complexity index is 3890. The quantitative estimate of drug-likeness (QED) is 0.161. The predicted molar refractivity (Wildman–Crippen MR) is 265 cm³/mol. The van der Waals surface area contributed by atoms with Gasteiger partial charge in [-0.1, -0.05) is 146 Å². The Balaban J connectivity index is 1.05. The molecule has 4 nitrogen and oxygen atoms in total. The Morgan fingerprint density at radius 3 is 1.34 bits per heavy atom. The molecule has 3 aromatic heterocycles. The van der Waals surface area contributed by atoms with Gasteiger partial charge in [-0.15, -0.1) is 0 Å². The number of para-hydroxylation sites is 4. The highest BCUT2D eigenvalue weighted by Gasteiger charge is 2.24. The highest BCUT2D eigenvalue weighted by molar-refractivity contribution is 6.20. The van der Waals surface area contributed by atoms with Crippen LogP contribution in [-0.4, -0.2) is 0 Å². The van der Waals surface area contributed by atoms with Gasteiger partial charge in [0.15, 0.2) is 0 Å². The van der Waals surface area contributed by atoms with Gasteiger partial charge in [-0.05, 0) is 101 Å². The van der Waals surface area contributed by atoms with Crippen molar-refractivity contribution in [3.05, 3.63) is 224 Å². The van der Waals surface area contributed by atoms with E-state index in [4.69, 9.17) is 13.3 Å². The summed E-state index contributed by atoms with van der Waals surface area (Å²) in [5.41, 5.74) is 17.2. The van der Waals surface area contributed by atoms with Crippen molar-refractivity contribution in [3.63, 3.8) is 0 Å². The van der Waals surface area contributed by atoms with E-state index in [2.05, 4.69) is 205 Å². The lowest BCUT2D eigenvalue weighted by atomic mass is 9.85. The minimum atomic E-state index is 0.845. The van der Waals surface area contributed by atoms with Crippen molar-refractivity contribution in [2.24, 2.45) is 0 Å². The molecule has 4 heteroatoms. The summed E-state index contributed by atoms with van der Waals surface area (Å²) in [7, 11) is 0. The molecule has 0 unspecified atom stereocenters. The summed E-state index contributed by atoms with van der Waals surface area (Å²) in [5, 5.41) is 6.56. The maximum Gasteiger partial charge on any atom is 0.137 e. The fraction of sp³-hybridized carbons (Fsp3) is 0. The number of hydrogen-bond acceptors (Lipinski definition) is 4. The Kier molecular flexibility index (Phi) is 8.18. The molecule has 0 atom stereocenters. The van der Waals surface area contributed by atoms with Crippen LogP contribution in [0.5, 0.6) is 0 Å². The van der Waals surface area contributed by atoms with Crippen molar-refractivity contribution < 1.29 is 13.3 Å². The van der Waals surface area contributed by atoms with Crippen molar-refractivity contribution in [2.45, 2.75) is 0 Å². The first kappa shape index (κ1) is 36.1. The minimum absolute atomic E-state index is 0.845. The number of furan rings is 3. The molecule has 0 N–H and O–H groups in total. The molecule has 0 aliphatic heterocycles. The van der Waals surface area contributed by atoms with Gasteiger partial charge in [-0.2, -0.15) is 0 Å². The Labute approximate surface area is 368 Å². The van der Waals surface area contributed by atoms with E-state index in [0.29, 0.717) is 0 Å². The zero-order valence-electron chi connectivity index (χ0n) is 34.5. The monoisotopic (exact) mass is 819 g/mol. The molecule has 0 radical (unpaired) electrons. The summed E-state index contributed by atoms with van der Waals surface area (Å²) < 4.78 is 19.6. The summed E-state index contributed by atoms with van der Waals surface area (Å²) in [6.07, 6.45) is 0. The molecule has 0 aliphatic rings. The molecular formula is C60H37NO3. The smallest absolute Gasteiger partial charge is 0.137 e. The van der Waals surface area contributed by atoms with Gasteiger partial charge < -0.3 is 18.2 Å². The molecular weight excluding hydrogens is 783 g/mol. The highest BCUT2D eigenvalue weighted by atomic mass is 16.3. The lowest BCUT2D eigenvalue weighted by Gasteiger charge is -2.28. The highest BCUT2D eigenvalue weighted by Crippen LogP contribution is 2.50. The van der Waals surface area contributed by atoms with Crippen LogP contribution in [0.1, 0.15) is 0 Å². The van der Waals surface area contributed by atoms with Crippen LogP contribution >= 0.6 is 0 Å². The molecule has 13 rings (SSSR count). The summed E-state index contributed by atoms with van der Waals surface area (Å²) in [5.74, 6) is 0. The molecule has 0 amide bonds. The van der Waals surface area contributed by atoms with Gasteiger partial charge in [0, 0.05) is 66.4 Å². The van der Waals surface area contributed by atoms with Crippen molar-refractivity contribution in [2.75, 3.05) is 4.90 Å². The minimum Gasteiger partial charge on any atom is -0.456 e. The van der Waals surface area contributed by atoms with E-state index >= 15 is 0 Å². The van der Waals surface area contributed by atoms with Gasteiger partial charge >= 0.3 is 0 Å². The zero-order valence-corrected chi connectivity index (χ0v) is 34.5. The summed E-state index contributed by atoms with van der Waals surface area (Å²) in [6.45, 7) is 0. The Morgan fingerprint density at radius 1 is 0.266 bits per heavy atom. The van der Waals surface area contributed by atoms with Crippen LogP contribution < -0.4 is 4.90 Å². The molecule has 64 heavy (non-hydrogen) atoms. The van der Waals surface area contributed by atoms with Gasteiger partial charge in [-0.25, -0.2) is 0 Å². The maximum absolute atomic E-state index is 6.59. The fourth-order valence-corrected chi connectivity index (χ4v) is 9.88. The average Bonchev–Trinajstić information content (AvgIpc) is 4.06. The van der Waals surface area contributed by atoms with E-state index in [0.717, 1.165) is 127 Å². The lowest BCUT2D eigenvalue weighted by Crippen LogP contribution is -2.11. The number of benzene rings is 10. The average molecular weight is 820 g/mol. The molecule has 0 bridgehead atoms. The van der Waals surface area contributed by atoms with Crippen LogP contribution in [0.3, 0.4) is 0 Å². The molecule has 300 valence electrons. The predicted octanol–water partition coefficient (Wildman–Crippen LogP) is 17.5. The first-order valence-corrected chi connectivity index (χ1v) is 21.7. The van der Waals surface area contributed by atoms with Crippen LogP contribution in [0.4, 0.5) is 17.1 Å². The second-order valence-electron chi connectivity index (χ2n) is 16.3. The van der Waals surface area contributed by atoms with Crippen molar-refractivity contribution in [1.29, 1.82) is 0 Å². The van der Waals surface area contributed by atoms with Gasteiger partial charge in [0.05, 0.1) is 5.69 Å². The van der Waals surface area contributed by atoms with Crippen LogP contribution in [0.15, 0.2) is 238 Å². The molecule has 13 aromatic rings. The second-order valence-corrected chi connectivity index (χ2v) is 16.3. The van der Waals surface area contributed by atoms with Gasteiger partial charge in [0.25, 0.3) is 0 Å². The first-order valence-electron chi connectivity index (χ1n) is 21.7. The SMILES string of the molecule is c1ccc(-c2ccccc2N(c2ccc(-c3c(-c4ccc5oc6ccccc6c5c4-c4ccccc4)ccc4oc5ccccc5c34)cc2)c2ccc3c(c2)oc2ccccc23)cc1. The third kappa shape index (κ3) is 5.70. The second kappa shape index (κ2) is 14.5. The standard InChI is InChI=1S/C60H37NO3/c1-3-15-38(16-4-1)43-19-7-11-23-50(43)61(42-31-32-45-44-20-8-12-24-51(44)64-56(45)37-42)41-29-27-40(28-30-41)58-47(34-36-55-60(58)49-22-10-14-26-53(49)63-55)46-33-35-54-59(48-21-9-13-25-52(48)62-54)57(46)39-17-5-2-6-18-39/h1-37H. The Morgan fingerprint density at radius 2 is 0.719 bits per heavy atom. The largest absolute Gasteiger partial charge is 0.456 e. The van der Waals surface area contributed by atoms with Crippen LogP contribution in [0.25, 0.3) is 110 Å². The van der Waals surface area contributed by atoms with Crippen LogP contribution in [0, 0.1) is 0 Å². The third-order valence-electron chi connectivity index (χ3n) is 12.7. The van der Waals surface area contributed by atoms with E-state index in [-0.39, 0.29) is 0 Å². The van der Waals surface area contributed by atoms with Crippen molar-refractivity contribution in [3.8, 4) is 44.5 Å². The number of hydrogen-bond donors (Lipinski definition) is 0. The van der Waals surface area contributed by atoms with E-state index in [1.54, 1.807) is 0 Å². The molecule has 0 aliphatic carbocycles. The molecule has 3 heterocycles. The third-order valence-corrected chi connectivity index (χ3v) is 12.7. The number of nitrogens with zero attached hydrogens (tertiary/aromatic N) is 1. The molecule has 0 fully saturated rings. The topological polar surface area (TPSA) is 42.7 Å². The lowest BCUT2D eigenvalue weighted by molar-refractivity contribution is 0.668. The van der Waals surface area contributed by atoms with Gasteiger partial charge in [-0.3, -0.25) is 0 Å². The summed E-state index contributed by atoms with van der Waals surface area (Å²) >= 11 is 0. The van der Waals surface area contributed by atoms with E-state index in [9.17, 15) is 0 Å². The Hall–Kier alpha value is -8.60. The molecule has 0 saturated carbocycles. The van der Waals surface area contributed by atoms with Gasteiger partial charge in [0.1, 0.15) is 33.5 Å². The van der Waals surface area contributed by atoms with Gasteiger partial charge in [0.2, 0.25) is 0 Å². The van der Waals surface area contributed by atoms with Crippen molar-refractivity contribution in [1.82, 2.24) is 0 Å². The van der Waals surface area contributed by atoms with Crippen molar-refractivity contribution >= 4 is 82.9 Å². The molecule has 10 aromatic carbocycles. The van der Waals surface area contributed by atoms with Crippen LogP contribution in [0.2, 0.25) is 0 Å². The zero-order chi connectivity index (χ0) is 42.1. The first-order chi connectivity index (χ1) is 31.7.